The molecular weight excluding hydrogens is 394 g/mol. The minimum absolute atomic E-state index is 0.0320. The number of carbonyl (C=O) groups excluding carboxylic acids is 1. The molecular formula is C20H19Cl2FO4. The van der Waals surface area contributed by atoms with E-state index in [4.69, 9.17) is 32.7 Å². The predicted octanol–water partition coefficient (Wildman–Crippen LogP) is 4.71. The zero-order valence-electron chi connectivity index (χ0n) is 14.5. The Morgan fingerprint density at radius 2 is 1.96 bits per heavy atom. The average Bonchev–Trinajstić information content (AvgIpc) is 2.59. The van der Waals surface area contributed by atoms with Crippen LogP contribution < -0.4 is 4.74 Å². The van der Waals surface area contributed by atoms with Crippen molar-refractivity contribution in [2.24, 2.45) is 0 Å². The highest BCUT2D eigenvalue weighted by Gasteiger charge is 2.27. The Balaban J connectivity index is 1.70. The average molecular weight is 413 g/mol. The third kappa shape index (κ3) is 5.58. The summed E-state index contributed by atoms with van der Waals surface area (Å²) in [6.45, 7) is 0.237. The van der Waals surface area contributed by atoms with E-state index in [1.165, 1.54) is 12.1 Å². The Morgan fingerprint density at radius 3 is 2.67 bits per heavy atom. The molecule has 7 heteroatoms. The lowest BCUT2D eigenvalue weighted by Crippen LogP contribution is -2.32. The van der Waals surface area contributed by atoms with Gasteiger partial charge in [-0.15, -0.1) is 0 Å². The molecule has 0 spiro atoms. The van der Waals surface area contributed by atoms with Crippen LogP contribution >= 0.6 is 23.2 Å². The van der Waals surface area contributed by atoms with Crippen LogP contribution in [0.15, 0.2) is 36.4 Å². The second-order valence-corrected chi connectivity index (χ2v) is 7.37. The number of halogens is 3. The van der Waals surface area contributed by atoms with E-state index >= 15 is 0 Å². The van der Waals surface area contributed by atoms with Gasteiger partial charge >= 0.3 is 5.97 Å². The van der Waals surface area contributed by atoms with E-state index in [-0.39, 0.29) is 24.9 Å². The summed E-state index contributed by atoms with van der Waals surface area (Å²) in [5, 5.41) is 10.6. The number of ether oxygens (including phenoxy) is 2. The number of carbonyl (C=O) groups is 1. The molecule has 1 N–H and O–H groups in total. The molecule has 0 aliphatic carbocycles. The van der Waals surface area contributed by atoms with Crippen LogP contribution in [0.2, 0.25) is 10.0 Å². The Labute approximate surface area is 166 Å². The van der Waals surface area contributed by atoms with Crippen molar-refractivity contribution in [3.8, 4) is 5.75 Å². The molecule has 2 aromatic carbocycles. The molecule has 3 rings (SSSR count). The van der Waals surface area contributed by atoms with E-state index in [0.717, 1.165) is 11.1 Å². The lowest BCUT2D eigenvalue weighted by molar-refractivity contribution is -0.160. The molecule has 2 aromatic rings. The largest absolute Gasteiger partial charge is 0.489 e. The van der Waals surface area contributed by atoms with Gasteiger partial charge in [0.15, 0.2) is 0 Å². The number of aliphatic hydroxyl groups is 1. The van der Waals surface area contributed by atoms with Crippen LogP contribution in [0.4, 0.5) is 4.39 Å². The van der Waals surface area contributed by atoms with Gasteiger partial charge in [0.2, 0.25) is 0 Å². The number of rotatable bonds is 6. The molecule has 1 fully saturated rings. The second-order valence-electron chi connectivity index (χ2n) is 6.52. The minimum Gasteiger partial charge on any atom is -0.489 e. The highest BCUT2D eigenvalue weighted by molar-refractivity contribution is 6.35. The van der Waals surface area contributed by atoms with Crippen LogP contribution in [0.1, 0.15) is 30.4 Å². The highest BCUT2D eigenvalue weighted by Crippen LogP contribution is 2.33. The first kappa shape index (κ1) is 19.9. The van der Waals surface area contributed by atoms with Crippen molar-refractivity contribution in [3.05, 3.63) is 63.4 Å². The topological polar surface area (TPSA) is 55.8 Å². The van der Waals surface area contributed by atoms with Crippen molar-refractivity contribution in [1.29, 1.82) is 0 Å². The number of hydrogen-bond donors (Lipinski definition) is 1. The third-order valence-corrected chi connectivity index (χ3v) is 4.93. The molecule has 2 atom stereocenters. The molecule has 144 valence electrons. The SMILES string of the molecule is O=C1CC(O)CC(CCc2c(Cl)cc(Cl)cc2OCc2ccc(F)cc2)O1. The summed E-state index contributed by atoms with van der Waals surface area (Å²) < 4.78 is 24.2. The van der Waals surface area contributed by atoms with Crippen molar-refractivity contribution in [1.82, 2.24) is 0 Å². The Morgan fingerprint density at radius 1 is 1.22 bits per heavy atom. The molecule has 4 nitrogen and oxygen atoms in total. The summed E-state index contributed by atoms with van der Waals surface area (Å²) in [5.74, 6) is -0.178. The standard InChI is InChI=1S/C20H19Cl2FO4/c21-13-7-18(22)17(6-5-16-9-15(24)10-20(25)27-16)19(8-13)26-11-12-1-3-14(23)4-2-12/h1-4,7-8,15-16,24H,5-6,9-11H2. The van der Waals surface area contributed by atoms with Gasteiger partial charge in [0.05, 0.1) is 12.5 Å². The predicted molar refractivity (Wildman–Crippen MR) is 101 cm³/mol. The Hall–Kier alpha value is -1.82. The smallest absolute Gasteiger partial charge is 0.308 e. The fourth-order valence-corrected chi connectivity index (χ4v) is 3.61. The molecule has 1 heterocycles. The van der Waals surface area contributed by atoms with Crippen molar-refractivity contribution in [3.63, 3.8) is 0 Å². The van der Waals surface area contributed by atoms with E-state index in [1.54, 1.807) is 24.3 Å². The molecule has 0 amide bonds. The van der Waals surface area contributed by atoms with Gasteiger partial charge in [0, 0.05) is 22.0 Å². The van der Waals surface area contributed by atoms with Crippen LogP contribution in [-0.2, 0) is 22.6 Å². The van der Waals surface area contributed by atoms with Crippen molar-refractivity contribution < 1.29 is 23.8 Å². The van der Waals surface area contributed by atoms with Gasteiger partial charge in [-0.05, 0) is 42.7 Å². The summed E-state index contributed by atoms with van der Waals surface area (Å²) in [7, 11) is 0. The quantitative estimate of drug-likeness (QED) is 0.697. The van der Waals surface area contributed by atoms with E-state index in [2.05, 4.69) is 0 Å². The van der Waals surface area contributed by atoms with Gasteiger partial charge in [0.1, 0.15) is 24.3 Å². The molecule has 0 aromatic heterocycles. The summed E-state index contributed by atoms with van der Waals surface area (Å²) >= 11 is 12.4. The van der Waals surface area contributed by atoms with Gasteiger partial charge in [0.25, 0.3) is 0 Å². The van der Waals surface area contributed by atoms with Gasteiger partial charge in [-0.3, -0.25) is 4.79 Å². The molecule has 2 unspecified atom stereocenters. The first-order chi connectivity index (χ1) is 12.9. The number of aliphatic hydroxyl groups excluding tert-OH is 1. The zero-order chi connectivity index (χ0) is 19.4. The maximum absolute atomic E-state index is 13.0. The van der Waals surface area contributed by atoms with Gasteiger partial charge in [-0.1, -0.05) is 35.3 Å². The minimum atomic E-state index is -0.675. The number of esters is 1. The van der Waals surface area contributed by atoms with Crippen LogP contribution in [0.5, 0.6) is 5.75 Å². The van der Waals surface area contributed by atoms with Crippen LogP contribution in [0.3, 0.4) is 0 Å². The number of cyclic esters (lactones) is 1. The van der Waals surface area contributed by atoms with Crippen LogP contribution in [0.25, 0.3) is 0 Å². The molecule has 0 bridgehead atoms. The monoisotopic (exact) mass is 412 g/mol. The fourth-order valence-electron chi connectivity index (χ4n) is 3.04. The molecule has 0 radical (unpaired) electrons. The first-order valence-electron chi connectivity index (χ1n) is 8.63. The zero-order valence-corrected chi connectivity index (χ0v) is 16.0. The van der Waals surface area contributed by atoms with Crippen molar-refractivity contribution >= 4 is 29.2 Å². The van der Waals surface area contributed by atoms with Gasteiger partial charge in [-0.2, -0.15) is 0 Å². The Bertz CT molecular complexity index is 810. The fraction of sp³-hybridized carbons (Fsp3) is 0.350. The molecule has 1 saturated heterocycles. The summed E-state index contributed by atoms with van der Waals surface area (Å²) in [5.41, 5.74) is 1.56. The van der Waals surface area contributed by atoms with E-state index in [1.807, 2.05) is 0 Å². The first-order valence-corrected chi connectivity index (χ1v) is 9.39. The normalized spacial score (nSPS) is 19.6. The van der Waals surface area contributed by atoms with Crippen molar-refractivity contribution in [2.45, 2.75) is 44.5 Å². The number of hydrogen-bond acceptors (Lipinski definition) is 4. The molecule has 27 heavy (non-hydrogen) atoms. The van der Waals surface area contributed by atoms with Crippen LogP contribution in [0, 0.1) is 5.82 Å². The van der Waals surface area contributed by atoms with Gasteiger partial charge < -0.3 is 14.6 Å². The second kappa shape index (κ2) is 8.91. The lowest BCUT2D eigenvalue weighted by atomic mass is 9.99. The molecule has 1 aliphatic rings. The highest BCUT2D eigenvalue weighted by atomic mass is 35.5. The maximum Gasteiger partial charge on any atom is 0.308 e. The Kier molecular flexibility index (Phi) is 6.58. The molecule has 1 aliphatic heterocycles. The summed E-state index contributed by atoms with van der Waals surface area (Å²) in [6, 6.07) is 9.33. The third-order valence-electron chi connectivity index (χ3n) is 4.38. The maximum atomic E-state index is 13.0. The van der Waals surface area contributed by atoms with E-state index < -0.39 is 12.1 Å². The summed E-state index contributed by atoms with van der Waals surface area (Å²) in [4.78, 5) is 11.5. The van der Waals surface area contributed by atoms with Gasteiger partial charge in [-0.25, -0.2) is 4.39 Å². The molecule has 0 saturated carbocycles. The van der Waals surface area contributed by atoms with E-state index in [0.29, 0.717) is 35.1 Å². The van der Waals surface area contributed by atoms with E-state index in [9.17, 15) is 14.3 Å². The summed E-state index contributed by atoms with van der Waals surface area (Å²) in [6.07, 6.45) is 0.410. The number of benzene rings is 2. The van der Waals surface area contributed by atoms with Crippen molar-refractivity contribution in [2.75, 3.05) is 0 Å². The van der Waals surface area contributed by atoms with Crippen LogP contribution in [-0.4, -0.2) is 23.3 Å². The lowest BCUT2D eigenvalue weighted by Gasteiger charge is -2.26.